The SMILES string of the molecule is NCCC(F)c1c(F)ccc(Br)c1F. The zero-order chi connectivity index (χ0) is 10.7. The van der Waals surface area contributed by atoms with Gasteiger partial charge >= 0.3 is 0 Å². The van der Waals surface area contributed by atoms with Crippen LogP contribution in [0.2, 0.25) is 0 Å². The molecule has 0 spiro atoms. The Balaban J connectivity index is 3.11. The standard InChI is InChI=1S/C9H9BrF3N/c10-5-1-2-6(11)8(9(5)13)7(12)3-4-14/h1-2,7H,3-4,14H2. The molecule has 0 saturated carbocycles. The van der Waals surface area contributed by atoms with Crippen LogP contribution in [0.25, 0.3) is 0 Å². The van der Waals surface area contributed by atoms with Crippen molar-refractivity contribution < 1.29 is 13.2 Å². The van der Waals surface area contributed by atoms with Crippen molar-refractivity contribution in [1.29, 1.82) is 0 Å². The molecule has 1 unspecified atom stereocenters. The second kappa shape index (κ2) is 4.79. The van der Waals surface area contributed by atoms with Gasteiger partial charge in [-0.05, 0) is 41.0 Å². The van der Waals surface area contributed by atoms with E-state index >= 15 is 0 Å². The summed E-state index contributed by atoms with van der Waals surface area (Å²) < 4.78 is 39.6. The van der Waals surface area contributed by atoms with Gasteiger partial charge in [0.15, 0.2) is 0 Å². The van der Waals surface area contributed by atoms with Crippen LogP contribution in [0, 0.1) is 11.6 Å². The summed E-state index contributed by atoms with van der Waals surface area (Å²) >= 11 is 2.86. The van der Waals surface area contributed by atoms with E-state index in [1.807, 2.05) is 0 Å². The van der Waals surface area contributed by atoms with E-state index in [0.717, 1.165) is 6.07 Å². The average molecular weight is 268 g/mol. The van der Waals surface area contributed by atoms with Gasteiger partial charge in [0.1, 0.15) is 17.8 Å². The molecule has 1 nitrogen and oxygen atoms in total. The van der Waals surface area contributed by atoms with Crippen molar-refractivity contribution in [3.05, 3.63) is 33.8 Å². The van der Waals surface area contributed by atoms with E-state index in [4.69, 9.17) is 5.73 Å². The van der Waals surface area contributed by atoms with E-state index in [1.165, 1.54) is 6.07 Å². The maximum Gasteiger partial charge on any atom is 0.146 e. The van der Waals surface area contributed by atoms with E-state index in [2.05, 4.69) is 15.9 Å². The summed E-state index contributed by atoms with van der Waals surface area (Å²) in [7, 11) is 0. The molecular formula is C9H9BrF3N. The maximum atomic E-state index is 13.3. The first kappa shape index (κ1) is 11.5. The predicted octanol–water partition coefficient (Wildman–Crippen LogP) is 3.09. The van der Waals surface area contributed by atoms with Crippen LogP contribution in [0.15, 0.2) is 16.6 Å². The minimum atomic E-state index is -1.70. The summed E-state index contributed by atoms with van der Waals surface area (Å²) in [5, 5.41) is 0. The highest BCUT2D eigenvalue weighted by atomic mass is 79.9. The third-order valence-corrected chi connectivity index (χ3v) is 2.43. The van der Waals surface area contributed by atoms with Crippen molar-refractivity contribution in [2.24, 2.45) is 5.73 Å². The van der Waals surface area contributed by atoms with E-state index in [-0.39, 0.29) is 17.4 Å². The van der Waals surface area contributed by atoms with Gasteiger partial charge in [0.05, 0.1) is 10.0 Å². The molecule has 0 heterocycles. The van der Waals surface area contributed by atoms with E-state index < -0.39 is 23.4 Å². The zero-order valence-corrected chi connectivity index (χ0v) is 8.82. The molecule has 0 aliphatic heterocycles. The first-order chi connectivity index (χ1) is 6.57. The zero-order valence-electron chi connectivity index (χ0n) is 7.24. The van der Waals surface area contributed by atoms with Crippen LogP contribution in [0.5, 0.6) is 0 Å². The topological polar surface area (TPSA) is 26.0 Å². The average Bonchev–Trinajstić information content (AvgIpc) is 2.13. The minimum absolute atomic E-state index is 0.0482. The Morgan fingerprint density at radius 1 is 1.36 bits per heavy atom. The van der Waals surface area contributed by atoms with Crippen molar-refractivity contribution in [2.75, 3.05) is 6.54 Å². The van der Waals surface area contributed by atoms with Gasteiger partial charge in [-0.2, -0.15) is 0 Å². The van der Waals surface area contributed by atoms with Crippen LogP contribution in [0.4, 0.5) is 13.2 Å². The van der Waals surface area contributed by atoms with E-state index in [1.54, 1.807) is 0 Å². The smallest absolute Gasteiger partial charge is 0.146 e. The number of benzene rings is 1. The Morgan fingerprint density at radius 3 is 2.57 bits per heavy atom. The van der Waals surface area contributed by atoms with Crippen LogP contribution in [0.1, 0.15) is 18.2 Å². The van der Waals surface area contributed by atoms with Gasteiger partial charge in [0, 0.05) is 0 Å². The predicted molar refractivity (Wildman–Crippen MR) is 51.6 cm³/mol. The Morgan fingerprint density at radius 2 is 2.00 bits per heavy atom. The fourth-order valence-electron chi connectivity index (χ4n) is 1.12. The summed E-state index contributed by atoms with van der Waals surface area (Å²) in [4.78, 5) is 0. The highest BCUT2D eigenvalue weighted by molar-refractivity contribution is 9.10. The molecule has 1 rings (SSSR count). The van der Waals surface area contributed by atoms with Gasteiger partial charge in [-0.3, -0.25) is 0 Å². The second-order valence-corrected chi connectivity index (χ2v) is 3.66. The Labute approximate surface area is 88.2 Å². The lowest BCUT2D eigenvalue weighted by atomic mass is 10.1. The lowest BCUT2D eigenvalue weighted by Gasteiger charge is -2.10. The Kier molecular flexibility index (Phi) is 3.95. The highest BCUT2D eigenvalue weighted by Gasteiger charge is 2.20. The van der Waals surface area contributed by atoms with Crippen LogP contribution in [0.3, 0.4) is 0 Å². The molecule has 0 aliphatic carbocycles. The molecule has 1 aromatic rings. The fraction of sp³-hybridized carbons (Fsp3) is 0.333. The Hall–Kier alpha value is -0.550. The maximum absolute atomic E-state index is 13.3. The van der Waals surface area contributed by atoms with Gasteiger partial charge < -0.3 is 5.73 Å². The number of halogens is 4. The molecule has 5 heteroatoms. The van der Waals surface area contributed by atoms with Gasteiger partial charge in [-0.15, -0.1) is 0 Å². The van der Waals surface area contributed by atoms with E-state index in [0.29, 0.717) is 0 Å². The molecule has 2 N–H and O–H groups in total. The summed E-state index contributed by atoms with van der Waals surface area (Å²) in [6.45, 7) is 0.0482. The molecular weight excluding hydrogens is 259 g/mol. The number of nitrogens with two attached hydrogens (primary N) is 1. The third-order valence-electron chi connectivity index (χ3n) is 1.81. The van der Waals surface area contributed by atoms with Crippen LogP contribution in [-0.2, 0) is 0 Å². The van der Waals surface area contributed by atoms with Gasteiger partial charge in [-0.25, -0.2) is 13.2 Å². The van der Waals surface area contributed by atoms with Crippen molar-refractivity contribution in [3.63, 3.8) is 0 Å². The van der Waals surface area contributed by atoms with Gasteiger partial charge in [0.25, 0.3) is 0 Å². The minimum Gasteiger partial charge on any atom is -0.330 e. The lowest BCUT2D eigenvalue weighted by molar-refractivity contribution is 0.305. The number of hydrogen-bond acceptors (Lipinski definition) is 1. The lowest BCUT2D eigenvalue weighted by Crippen LogP contribution is -2.07. The number of hydrogen-bond donors (Lipinski definition) is 1. The number of alkyl halides is 1. The molecule has 0 fully saturated rings. The molecule has 0 amide bonds. The van der Waals surface area contributed by atoms with Crippen molar-refractivity contribution in [1.82, 2.24) is 0 Å². The molecule has 0 bridgehead atoms. The molecule has 1 atom stereocenters. The summed E-state index contributed by atoms with van der Waals surface area (Å²) in [5.41, 5.74) is 4.56. The first-order valence-corrected chi connectivity index (χ1v) is 4.84. The summed E-state index contributed by atoms with van der Waals surface area (Å²) in [6, 6.07) is 2.22. The second-order valence-electron chi connectivity index (χ2n) is 2.80. The monoisotopic (exact) mass is 267 g/mol. The van der Waals surface area contributed by atoms with Crippen molar-refractivity contribution >= 4 is 15.9 Å². The molecule has 0 aromatic heterocycles. The van der Waals surface area contributed by atoms with Gasteiger partial charge in [0.2, 0.25) is 0 Å². The van der Waals surface area contributed by atoms with Crippen molar-refractivity contribution in [2.45, 2.75) is 12.6 Å². The molecule has 78 valence electrons. The Bertz CT molecular complexity index is 330. The van der Waals surface area contributed by atoms with E-state index in [9.17, 15) is 13.2 Å². The molecule has 0 radical (unpaired) electrons. The van der Waals surface area contributed by atoms with Crippen LogP contribution in [-0.4, -0.2) is 6.54 Å². The normalized spacial score (nSPS) is 12.9. The quantitative estimate of drug-likeness (QED) is 0.837. The molecule has 14 heavy (non-hydrogen) atoms. The van der Waals surface area contributed by atoms with Crippen LogP contribution < -0.4 is 5.73 Å². The largest absolute Gasteiger partial charge is 0.330 e. The summed E-state index contributed by atoms with van der Waals surface area (Å²) in [6.07, 6.45) is -1.79. The van der Waals surface area contributed by atoms with Gasteiger partial charge in [-0.1, -0.05) is 0 Å². The third kappa shape index (κ3) is 2.27. The molecule has 0 saturated heterocycles. The van der Waals surface area contributed by atoms with Crippen molar-refractivity contribution in [3.8, 4) is 0 Å². The summed E-state index contributed by atoms with van der Waals surface area (Å²) in [5.74, 6) is -1.78. The first-order valence-electron chi connectivity index (χ1n) is 4.05. The molecule has 0 aliphatic rings. The van der Waals surface area contributed by atoms with Crippen LogP contribution >= 0.6 is 15.9 Å². The highest BCUT2D eigenvalue weighted by Crippen LogP contribution is 2.30. The molecule has 1 aromatic carbocycles. The fourth-order valence-corrected chi connectivity index (χ4v) is 1.47. The number of rotatable bonds is 3.